The number of fused-ring (bicyclic) bond motifs is 1. The molecular weight excluding hydrogens is 376 g/mol. The van der Waals surface area contributed by atoms with Crippen LogP contribution in [0.25, 0.3) is 16.7 Å². The van der Waals surface area contributed by atoms with E-state index in [0.717, 1.165) is 23.0 Å². The van der Waals surface area contributed by atoms with Gasteiger partial charge in [-0.05, 0) is 37.4 Å². The number of piperidine rings is 1. The van der Waals surface area contributed by atoms with Gasteiger partial charge >= 0.3 is 0 Å². The molecule has 0 bridgehead atoms. The van der Waals surface area contributed by atoms with Crippen LogP contribution in [-0.4, -0.2) is 53.0 Å². The summed E-state index contributed by atoms with van der Waals surface area (Å²) in [5, 5.41) is 8.25. The minimum Gasteiger partial charge on any atom is -0.398 e. The number of likely N-dealkylation sites (tertiary alicyclic amines) is 1. The van der Waals surface area contributed by atoms with Crippen LogP contribution in [0.15, 0.2) is 42.7 Å². The number of aldehydes is 1. The maximum Gasteiger partial charge on any atom is 0.250 e. The molecule has 1 aliphatic heterocycles. The highest BCUT2D eigenvalue weighted by atomic mass is 19.3. The summed E-state index contributed by atoms with van der Waals surface area (Å²) in [6.45, 7) is 1.07. The van der Waals surface area contributed by atoms with Crippen molar-refractivity contribution in [3.8, 4) is 5.69 Å². The number of aromatic nitrogens is 2. The summed E-state index contributed by atoms with van der Waals surface area (Å²) >= 11 is 0. The van der Waals surface area contributed by atoms with Crippen molar-refractivity contribution in [1.82, 2.24) is 14.5 Å². The Balaban J connectivity index is 0.000000224. The zero-order valence-corrected chi connectivity index (χ0v) is 16.1. The van der Waals surface area contributed by atoms with E-state index >= 15 is 0 Å². The predicted octanol–water partition coefficient (Wildman–Crippen LogP) is 3.77. The van der Waals surface area contributed by atoms with E-state index in [4.69, 9.17) is 11.1 Å². The monoisotopic (exact) mass is 399 g/mol. The van der Waals surface area contributed by atoms with Gasteiger partial charge < -0.3 is 20.6 Å². The number of pyridine rings is 1. The third-order valence-electron chi connectivity index (χ3n) is 4.91. The number of hydrogen-bond donors (Lipinski definition) is 2. The van der Waals surface area contributed by atoms with Gasteiger partial charge in [-0.3, -0.25) is 4.79 Å². The summed E-state index contributed by atoms with van der Waals surface area (Å²) in [5.74, 6) is -2.38. The number of nitrogens with two attached hydrogens (primary N) is 1. The van der Waals surface area contributed by atoms with Crippen LogP contribution in [0.2, 0.25) is 0 Å². The van der Waals surface area contributed by atoms with Crippen molar-refractivity contribution in [2.45, 2.75) is 18.8 Å². The molecule has 1 saturated heterocycles. The lowest BCUT2D eigenvalue weighted by Crippen LogP contribution is -2.36. The van der Waals surface area contributed by atoms with Crippen LogP contribution < -0.4 is 5.73 Å². The molecule has 0 saturated carbocycles. The fourth-order valence-corrected chi connectivity index (χ4v) is 3.10. The molecule has 0 aliphatic carbocycles. The van der Waals surface area contributed by atoms with Gasteiger partial charge in [-0.1, -0.05) is 0 Å². The van der Waals surface area contributed by atoms with Crippen LogP contribution in [0.4, 0.5) is 14.5 Å². The van der Waals surface area contributed by atoms with Crippen molar-refractivity contribution < 1.29 is 13.6 Å². The van der Waals surface area contributed by atoms with E-state index in [1.807, 2.05) is 40.9 Å². The summed E-state index contributed by atoms with van der Waals surface area (Å²) in [6.07, 6.45) is 5.49. The molecule has 0 unspecified atom stereocenters. The Hall–Kier alpha value is -3.13. The average molecular weight is 399 g/mol. The van der Waals surface area contributed by atoms with Crippen molar-refractivity contribution in [3.63, 3.8) is 0 Å². The Kier molecular flexibility index (Phi) is 6.03. The third-order valence-corrected chi connectivity index (χ3v) is 4.91. The largest absolute Gasteiger partial charge is 0.398 e. The van der Waals surface area contributed by atoms with Gasteiger partial charge in [-0.2, -0.15) is 0 Å². The highest BCUT2D eigenvalue weighted by Crippen LogP contribution is 2.26. The molecule has 8 heteroatoms. The second-order valence-corrected chi connectivity index (χ2v) is 7.10. The molecule has 152 valence electrons. The number of rotatable bonds is 3. The summed E-state index contributed by atoms with van der Waals surface area (Å²) in [5.41, 5.74) is 9.20. The molecule has 0 radical (unpaired) electrons. The number of nitrogens with one attached hydrogen (secondary N) is 1. The summed E-state index contributed by atoms with van der Waals surface area (Å²) in [7, 11) is 1.87. The first kappa shape index (κ1) is 20.6. The molecule has 0 amide bonds. The van der Waals surface area contributed by atoms with Crippen molar-refractivity contribution in [2.75, 3.05) is 25.9 Å². The topological polar surface area (TPSA) is 88.0 Å². The molecule has 3 aromatic rings. The smallest absolute Gasteiger partial charge is 0.250 e. The number of hydrogen-bond acceptors (Lipinski definition) is 5. The van der Waals surface area contributed by atoms with Crippen molar-refractivity contribution >= 4 is 29.2 Å². The lowest BCUT2D eigenvalue weighted by atomic mass is 10.1. The number of carbonyl (C=O) groups is 1. The molecule has 3 heterocycles. The minimum absolute atomic E-state index is 0.0312. The van der Waals surface area contributed by atoms with Gasteiger partial charge in [0, 0.05) is 72.4 Å². The van der Waals surface area contributed by atoms with E-state index in [-0.39, 0.29) is 12.8 Å². The van der Waals surface area contributed by atoms with Gasteiger partial charge in [-0.25, -0.2) is 13.8 Å². The Morgan fingerprint density at radius 2 is 1.93 bits per heavy atom. The van der Waals surface area contributed by atoms with Crippen LogP contribution in [0.1, 0.15) is 28.8 Å². The lowest BCUT2D eigenvalue weighted by molar-refractivity contribution is -0.0504. The highest BCUT2D eigenvalue weighted by molar-refractivity contribution is 5.88. The Bertz CT molecular complexity index is 1020. The maximum atomic E-state index is 12.4. The van der Waals surface area contributed by atoms with E-state index in [2.05, 4.69) is 4.98 Å². The molecule has 4 rings (SSSR count). The molecule has 6 nitrogen and oxygen atoms in total. The molecule has 1 fully saturated rings. The zero-order chi connectivity index (χ0) is 21.0. The van der Waals surface area contributed by atoms with Crippen molar-refractivity contribution in [2.24, 2.45) is 0 Å². The summed E-state index contributed by atoms with van der Waals surface area (Å²) in [4.78, 5) is 17.0. The zero-order valence-electron chi connectivity index (χ0n) is 16.1. The molecule has 0 spiro atoms. The van der Waals surface area contributed by atoms with Crippen molar-refractivity contribution in [3.05, 3.63) is 53.9 Å². The number of nitrogen functional groups attached to an aromatic ring is 1. The van der Waals surface area contributed by atoms with E-state index < -0.39 is 5.92 Å². The molecule has 1 aromatic carbocycles. The quantitative estimate of drug-likeness (QED) is 0.399. The third kappa shape index (κ3) is 4.83. The number of alkyl halides is 2. The first-order chi connectivity index (χ1) is 13.8. The number of nitrogens with zero attached hydrogens (tertiary/aromatic N) is 3. The van der Waals surface area contributed by atoms with Gasteiger partial charge in [0.1, 0.15) is 5.65 Å². The van der Waals surface area contributed by atoms with E-state index in [9.17, 15) is 13.6 Å². The predicted molar refractivity (Wildman–Crippen MR) is 110 cm³/mol. The van der Waals surface area contributed by atoms with Crippen molar-refractivity contribution in [1.29, 1.82) is 5.41 Å². The van der Waals surface area contributed by atoms with Gasteiger partial charge in [0.25, 0.3) is 5.92 Å². The second-order valence-electron chi connectivity index (χ2n) is 7.10. The van der Waals surface area contributed by atoms with Gasteiger partial charge in [0.2, 0.25) is 0 Å². The SMILES string of the molecule is CN1CCC(F)(F)CC1.N=Cc1cc(-n2ccc3cc(C=O)cnc32)ccc1N. The maximum absolute atomic E-state index is 12.4. The highest BCUT2D eigenvalue weighted by Gasteiger charge is 2.32. The normalized spacial score (nSPS) is 16.1. The van der Waals surface area contributed by atoms with Crippen LogP contribution in [0, 0.1) is 5.41 Å². The van der Waals surface area contributed by atoms with Crippen LogP contribution >= 0.6 is 0 Å². The molecule has 3 N–H and O–H groups in total. The molecule has 1 aliphatic rings. The first-order valence-electron chi connectivity index (χ1n) is 9.22. The first-order valence-corrected chi connectivity index (χ1v) is 9.22. The Labute approximate surface area is 167 Å². The van der Waals surface area contributed by atoms with Crippen LogP contribution in [0.3, 0.4) is 0 Å². The summed E-state index contributed by atoms with van der Waals surface area (Å²) in [6, 6.07) is 9.16. The van der Waals surface area contributed by atoms with Gasteiger partial charge in [0.05, 0.1) is 0 Å². The number of halogens is 2. The average Bonchev–Trinajstić information content (AvgIpc) is 3.14. The Morgan fingerprint density at radius 1 is 1.21 bits per heavy atom. The second kappa shape index (κ2) is 8.48. The van der Waals surface area contributed by atoms with E-state index in [1.165, 1.54) is 6.21 Å². The van der Waals surface area contributed by atoms with Crippen LogP contribution in [0.5, 0.6) is 0 Å². The fourth-order valence-electron chi connectivity index (χ4n) is 3.10. The minimum atomic E-state index is -2.38. The van der Waals surface area contributed by atoms with E-state index in [1.54, 1.807) is 18.3 Å². The molecular formula is C21H23F2N5O. The van der Waals surface area contributed by atoms with Gasteiger partial charge in [0.15, 0.2) is 6.29 Å². The molecule has 29 heavy (non-hydrogen) atoms. The fraction of sp³-hybridized carbons (Fsp3) is 0.286. The lowest BCUT2D eigenvalue weighted by Gasteiger charge is -2.28. The van der Waals surface area contributed by atoms with Gasteiger partial charge in [-0.15, -0.1) is 0 Å². The number of anilines is 1. The van der Waals surface area contributed by atoms with E-state index in [0.29, 0.717) is 29.9 Å². The Morgan fingerprint density at radius 3 is 2.55 bits per heavy atom. The molecule has 2 aromatic heterocycles. The summed E-state index contributed by atoms with van der Waals surface area (Å²) < 4.78 is 26.6. The number of benzene rings is 1. The molecule has 0 atom stereocenters. The van der Waals surface area contributed by atoms with Crippen LogP contribution in [-0.2, 0) is 0 Å². The number of carbonyl (C=O) groups excluding carboxylic acids is 1. The standard InChI is InChI=1S/C15H12N4O.C6H11F2N/c16-7-12-6-13(1-2-14(12)17)19-4-3-11-5-10(9-20)8-18-15(11)19;1-9-4-2-6(7,8)3-5-9/h1-9,16H,17H2;2-5H2,1H3.